The van der Waals surface area contributed by atoms with E-state index in [0.29, 0.717) is 17.3 Å². The zero-order chi connectivity index (χ0) is 18.1. The third kappa shape index (κ3) is 5.90. The molecule has 2 rings (SSSR count). The molecule has 0 unspecified atom stereocenters. The van der Waals surface area contributed by atoms with Crippen molar-refractivity contribution in [3.05, 3.63) is 41.7 Å². The van der Waals surface area contributed by atoms with Crippen molar-refractivity contribution in [1.82, 2.24) is 10.2 Å². The highest BCUT2D eigenvalue weighted by Crippen LogP contribution is 2.20. The van der Waals surface area contributed by atoms with Gasteiger partial charge in [-0.05, 0) is 44.6 Å². The summed E-state index contributed by atoms with van der Waals surface area (Å²) in [5.41, 5.74) is 1.05. The second-order valence-corrected chi connectivity index (χ2v) is 6.05. The van der Waals surface area contributed by atoms with Crippen LogP contribution < -0.4 is 10.1 Å². The highest BCUT2D eigenvalue weighted by Gasteiger charge is 2.24. The van der Waals surface area contributed by atoms with E-state index in [-0.39, 0.29) is 0 Å². The Labute approximate surface area is 149 Å². The lowest BCUT2D eigenvalue weighted by Gasteiger charge is -2.13. The smallest absolute Gasteiger partial charge is 0.365 e. The monoisotopic (exact) mass is 345 g/mol. The average molecular weight is 345 g/mol. The predicted octanol–water partition coefficient (Wildman–Crippen LogP) is 2.55. The number of ether oxygens (including phenoxy) is 2. The molecule has 0 spiro atoms. The number of hydrogen-bond donors (Lipinski definition) is 1. The van der Waals surface area contributed by atoms with Crippen LogP contribution in [0.4, 0.5) is 0 Å². The molecule has 25 heavy (non-hydrogen) atoms. The molecule has 6 nitrogen and oxygen atoms in total. The van der Waals surface area contributed by atoms with Crippen LogP contribution >= 0.6 is 0 Å². The standard InChI is InChI=1S/C19H27N3O3/c1-20-11-6-4-5-7-12-22(2)14-17-19(23)25-18(21-17)15-9-8-10-16(13-15)24-3/h8-10,13-14,20H,4-7,11-12H2,1-3H3/b17-14-. The van der Waals surface area contributed by atoms with Gasteiger partial charge in [-0.1, -0.05) is 18.9 Å². The molecule has 0 amide bonds. The van der Waals surface area contributed by atoms with E-state index in [1.807, 2.05) is 37.2 Å². The van der Waals surface area contributed by atoms with E-state index >= 15 is 0 Å². The van der Waals surface area contributed by atoms with Crippen LogP contribution in [0, 0.1) is 0 Å². The van der Waals surface area contributed by atoms with Crippen LogP contribution in [-0.4, -0.2) is 51.1 Å². The summed E-state index contributed by atoms with van der Waals surface area (Å²) in [6.07, 6.45) is 6.43. The van der Waals surface area contributed by atoms with Crippen molar-refractivity contribution in [2.45, 2.75) is 25.7 Å². The Morgan fingerprint density at radius 3 is 2.84 bits per heavy atom. The first-order chi connectivity index (χ1) is 12.1. The fourth-order valence-corrected chi connectivity index (χ4v) is 2.57. The molecule has 0 saturated carbocycles. The molecule has 0 aromatic heterocycles. The van der Waals surface area contributed by atoms with Crippen molar-refractivity contribution in [1.29, 1.82) is 0 Å². The maximum Gasteiger partial charge on any atom is 0.365 e. The van der Waals surface area contributed by atoms with E-state index < -0.39 is 5.97 Å². The number of benzene rings is 1. The Hall–Kier alpha value is -2.34. The Morgan fingerprint density at radius 2 is 2.08 bits per heavy atom. The second-order valence-electron chi connectivity index (χ2n) is 6.05. The molecule has 1 heterocycles. The van der Waals surface area contributed by atoms with Gasteiger partial charge in [0, 0.05) is 25.4 Å². The predicted molar refractivity (Wildman–Crippen MR) is 98.7 cm³/mol. The summed E-state index contributed by atoms with van der Waals surface area (Å²) in [5, 5.41) is 3.15. The summed E-state index contributed by atoms with van der Waals surface area (Å²) in [6, 6.07) is 7.31. The minimum absolute atomic E-state index is 0.315. The van der Waals surface area contributed by atoms with Crippen molar-refractivity contribution < 1.29 is 14.3 Å². The minimum Gasteiger partial charge on any atom is -0.497 e. The Kier molecular flexibility index (Phi) is 7.47. The normalized spacial score (nSPS) is 15.2. The number of unbranched alkanes of at least 4 members (excludes halogenated alkanes) is 3. The van der Waals surface area contributed by atoms with Crippen molar-refractivity contribution in [3.8, 4) is 5.75 Å². The van der Waals surface area contributed by atoms with Gasteiger partial charge >= 0.3 is 5.97 Å². The van der Waals surface area contributed by atoms with E-state index in [1.54, 1.807) is 19.4 Å². The zero-order valence-corrected chi connectivity index (χ0v) is 15.2. The molecule has 136 valence electrons. The molecule has 0 saturated heterocycles. The molecule has 0 fully saturated rings. The van der Waals surface area contributed by atoms with Crippen LogP contribution in [0.2, 0.25) is 0 Å². The summed E-state index contributed by atoms with van der Waals surface area (Å²) in [7, 11) is 5.52. The fraction of sp³-hybridized carbons (Fsp3) is 0.474. The number of cyclic esters (lactones) is 1. The summed E-state index contributed by atoms with van der Waals surface area (Å²) >= 11 is 0. The van der Waals surface area contributed by atoms with E-state index in [0.717, 1.165) is 25.1 Å². The fourth-order valence-electron chi connectivity index (χ4n) is 2.57. The number of carbonyl (C=O) groups is 1. The summed E-state index contributed by atoms with van der Waals surface area (Å²) in [4.78, 5) is 18.3. The zero-order valence-electron chi connectivity index (χ0n) is 15.2. The van der Waals surface area contributed by atoms with Crippen LogP contribution in [0.25, 0.3) is 0 Å². The van der Waals surface area contributed by atoms with Crippen LogP contribution in [-0.2, 0) is 9.53 Å². The first-order valence-electron chi connectivity index (χ1n) is 8.66. The molecule has 0 aliphatic carbocycles. The van der Waals surface area contributed by atoms with Gasteiger partial charge in [-0.2, -0.15) is 0 Å². The highest BCUT2D eigenvalue weighted by molar-refractivity contribution is 6.11. The highest BCUT2D eigenvalue weighted by atomic mass is 16.6. The van der Waals surface area contributed by atoms with Gasteiger partial charge in [0.15, 0.2) is 5.70 Å². The van der Waals surface area contributed by atoms with Crippen molar-refractivity contribution >= 4 is 11.9 Å². The van der Waals surface area contributed by atoms with Crippen molar-refractivity contribution in [2.75, 3.05) is 34.3 Å². The Morgan fingerprint density at radius 1 is 1.28 bits per heavy atom. The van der Waals surface area contributed by atoms with Gasteiger partial charge in [0.05, 0.1) is 7.11 Å². The maximum atomic E-state index is 12.0. The number of carbonyl (C=O) groups excluding carboxylic acids is 1. The lowest BCUT2D eigenvalue weighted by atomic mass is 10.2. The molecular formula is C19H27N3O3. The number of esters is 1. The lowest BCUT2D eigenvalue weighted by Crippen LogP contribution is -2.14. The lowest BCUT2D eigenvalue weighted by molar-refractivity contribution is -0.130. The third-order valence-electron chi connectivity index (χ3n) is 3.97. The SMILES string of the molecule is CNCCCCCCN(C)/C=C1\N=C(c2cccc(OC)c2)OC1=O. The van der Waals surface area contributed by atoms with Gasteiger partial charge in [0.2, 0.25) is 5.90 Å². The maximum absolute atomic E-state index is 12.0. The average Bonchev–Trinajstić information content (AvgIpc) is 2.98. The van der Waals surface area contributed by atoms with Gasteiger partial charge in [0.25, 0.3) is 0 Å². The topological polar surface area (TPSA) is 63.2 Å². The van der Waals surface area contributed by atoms with Gasteiger partial charge in [-0.25, -0.2) is 9.79 Å². The van der Waals surface area contributed by atoms with E-state index in [1.165, 1.54) is 19.3 Å². The number of nitrogens with one attached hydrogen (secondary N) is 1. The van der Waals surface area contributed by atoms with Crippen LogP contribution in [0.1, 0.15) is 31.2 Å². The van der Waals surface area contributed by atoms with E-state index in [2.05, 4.69) is 10.3 Å². The van der Waals surface area contributed by atoms with Crippen LogP contribution in [0.3, 0.4) is 0 Å². The second kappa shape index (κ2) is 9.84. The quantitative estimate of drug-likeness (QED) is 0.401. The minimum atomic E-state index is -0.418. The summed E-state index contributed by atoms with van der Waals surface area (Å²) < 4.78 is 10.5. The molecular weight excluding hydrogens is 318 g/mol. The molecule has 1 aliphatic heterocycles. The van der Waals surface area contributed by atoms with Crippen molar-refractivity contribution in [2.24, 2.45) is 4.99 Å². The number of rotatable bonds is 10. The van der Waals surface area contributed by atoms with Gasteiger partial charge < -0.3 is 19.7 Å². The number of aliphatic imine (C=N–C) groups is 1. The number of hydrogen-bond acceptors (Lipinski definition) is 6. The van der Waals surface area contributed by atoms with Crippen LogP contribution in [0.15, 0.2) is 41.2 Å². The molecule has 6 heteroatoms. The van der Waals surface area contributed by atoms with E-state index in [9.17, 15) is 4.79 Å². The number of methoxy groups -OCH3 is 1. The molecule has 0 bridgehead atoms. The van der Waals surface area contributed by atoms with Gasteiger partial charge in [-0.15, -0.1) is 0 Å². The Balaban J connectivity index is 1.90. The molecule has 1 aromatic rings. The third-order valence-corrected chi connectivity index (χ3v) is 3.97. The molecule has 0 radical (unpaired) electrons. The molecule has 0 atom stereocenters. The first-order valence-corrected chi connectivity index (χ1v) is 8.66. The van der Waals surface area contributed by atoms with E-state index in [4.69, 9.17) is 9.47 Å². The van der Waals surface area contributed by atoms with Crippen molar-refractivity contribution in [3.63, 3.8) is 0 Å². The summed E-state index contributed by atoms with van der Waals surface area (Å²) in [5.74, 6) is 0.596. The molecule has 1 aliphatic rings. The first kappa shape index (κ1) is 19.0. The molecule has 1 N–H and O–H groups in total. The number of nitrogens with zero attached hydrogens (tertiary/aromatic N) is 2. The largest absolute Gasteiger partial charge is 0.497 e. The summed E-state index contributed by atoms with van der Waals surface area (Å²) in [6.45, 7) is 1.95. The van der Waals surface area contributed by atoms with Crippen LogP contribution in [0.5, 0.6) is 5.75 Å². The van der Waals surface area contributed by atoms with Gasteiger partial charge in [0.1, 0.15) is 5.75 Å². The molecule has 1 aromatic carbocycles. The van der Waals surface area contributed by atoms with Gasteiger partial charge in [-0.3, -0.25) is 0 Å². The Bertz CT molecular complexity index is 641.